The zero-order valence-corrected chi connectivity index (χ0v) is 12.8. The lowest BCUT2D eigenvalue weighted by Gasteiger charge is -2.07. The van der Waals surface area contributed by atoms with Crippen molar-refractivity contribution in [3.63, 3.8) is 0 Å². The van der Waals surface area contributed by atoms with Crippen LogP contribution in [0.2, 0.25) is 0 Å². The molecule has 1 aliphatic rings. The number of hydrogen-bond donors (Lipinski definition) is 0. The lowest BCUT2D eigenvalue weighted by molar-refractivity contribution is 0.104. The Morgan fingerprint density at radius 1 is 1.32 bits per heavy atom. The van der Waals surface area contributed by atoms with Crippen LogP contribution in [0.4, 0.5) is 0 Å². The first-order chi connectivity index (χ1) is 10.7. The van der Waals surface area contributed by atoms with Gasteiger partial charge in [-0.15, -0.1) is 0 Å². The minimum atomic E-state index is -1.20. The third kappa shape index (κ3) is 2.86. The summed E-state index contributed by atoms with van der Waals surface area (Å²) in [6.07, 6.45) is 3.24. The molecule has 3 rings (SSSR count). The Labute approximate surface area is 131 Å². The summed E-state index contributed by atoms with van der Waals surface area (Å²) in [7, 11) is 1.48. The van der Waals surface area contributed by atoms with Crippen LogP contribution >= 0.6 is 0 Å². The first kappa shape index (κ1) is 14.7. The van der Waals surface area contributed by atoms with Gasteiger partial charge in [-0.2, -0.15) is 0 Å². The van der Waals surface area contributed by atoms with E-state index in [1.165, 1.54) is 13.2 Å². The molecule has 1 heterocycles. The van der Waals surface area contributed by atoms with Gasteiger partial charge < -0.3 is 14.0 Å². The number of carbonyl (C=O) groups is 1. The molecule has 1 unspecified atom stereocenters. The molecule has 1 aliphatic heterocycles. The molecular formula is C17H14O4S. The molecule has 5 heteroatoms. The second kappa shape index (κ2) is 6.25. The van der Waals surface area contributed by atoms with Crippen LogP contribution in [0.1, 0.15) is 15.9 Å². The first-order valence-corrected chi connectivity index (χ1v) is 8.01. The van der Waals surface area contributed by atoms with Gasteiger partial charge >= 0.3 is 0 Å². The minimum absolute atomic E-state index is 0.121. The fourth-order valence-corrected chi connectivity index (χ4v) is 3.14. The SMILES string of the molecule is COc1cc2c(cc1C(=O)C=Cc1ccccc1)OC[S+]2[O-]. The van der Waals surface area contributed by atoms with Crippen molar-refractivity contribution in [3.05, 3.63) is 59.7 Å². The Morgan fingerprint density at radius 3 is 2.82 bits per heavy atom. The van der Waals surface area contributed by atoms with Crippen LogP contribution in [0.3, 0.4) is 0 Å². The van der Waals surface area contributed by atoms with Gasteiger partial charge in [-0.05, 0) is 11.6 Å². The molecule has 22 heavy (non-hydrogen) atoms. The van der Waals surface area contributed by atoms with E-state index >= 15 is 0 Å². The molecule has 0 aliphatic carbocycles. The molecule has 2 aromatic carbocycles. The summed E-state index contributed by atoms with van der Waals surface area (Å²) in [6.45, 7) is 0. The number of allylic oxidation sites excluding steroid dienone is 1. The predicted octanol–water partition coefficient (Wildman–Crippen LogP) is 3.05. The first-order valence-electron chi connectivity index (χ1n) is 6.69. The number of ether oxygens (including phenoxy) is 2. The van der Waals surface area contributed by atoms with Crippen LogP contribution in [0.5, 0.6) is 11.5 Å². The summed E-state index contributed by atoms with van der Waals surface area (Å²) < 4.78 is 22.3. The molecule has 0 fully saturated rings. The van der Waals surface area contributed by atoms with Crippen LogP contribution in [-0.4, -0.2) is 23.4 Å². The lowest BCUT2D eigenvalue weighted by atomic mass is 10.1. The van der Waals surface area contributed by atoms with Crippen molar-refractivity contribution in [1.29, 1.82) is 0 Å². The van der Waals surface area contributed by atoms with E-state index in [1.54, 1.807) is 18.2 Å². The fraction of sp³-hybridized carbons (Fsp3) is 0.118. The van der Waals surface area contributed by atoms with Crippen LogP contribution in [0.25, 0.3) is 6.08 Å². The molecule has 1 atom stereocenters. The van der Waals surface area contributed by atoms with Crippen LogP contribution < -0.4 is 9.47 Å². The average Bonchev–Trinajstić information content (AvgIpc) is 2.93. The number of carbonyl (C=O) groups excluding carboxylic acids is 1. The third-order valence-electron chi connectivity index (χ3n) is 3.32. The average molecular weight is 314 g/mol. The van der Waals surface area contributed by atoms with E-state index < -0.39 is 11.2 Å². The Kier molecular flexibility index (Phi) is 4.18. The number of rotatable bonds is 4. The fourth-order valence-electron chi connectivity index (χ4n) is 2.20. The van der Waals surface area contributed by atoms with Gasteiger partial charge in [0, 0.05) is 23.3 Å². The van der Waals surface area contributed by atoms with Crippen LogP contribution in [-0.2, 0) is 11.2 Å². The number of methoxy groups -OCH3 is 1. The summed E-state index contributed by atoms with van der Waals surface area (Å²) in [5.74, 6) is 0.816. The maximum absolute atomic E-state index is 12.4. The molecule has 0 saturated heterocycles. The van der Waals surface area contributed by atoms with Crippen molar-refractivity contribution in [2.45, 2.75) is 4.90 Å². The summed E-state index contributed by atoms with van der Waals surface area (Å²) in [5.41, 5.74) is 1.33. The molecule has 4 nitrogen and oxygen atoms in total. The topological polar surface area (TPSA) is 58.6 Å². The number of ketones is 1. The van der Waals surface area contributed by atoms with Crippen LogP contribution in [0, 0.1) is 0 Å². The minimum Gasteiger partial charge on any atom is -0.609 e. The van der Waals surface area contributed by atoms with Gasteiger partial charge in [0.15, 0.2) is 11.5 Å². The summed E-state index contributed by atoms with van der Waals surface area (Å²) in [6, 6.07) is 12.8. The predicted molar refractivity (Wildman–Crippen MR) is 84.7 cm³/mol. The molecule has 0 saturated carbocycles. The number of benzene rings is 2. The van der Waals surface area contributed by atoms with Crippen molar-refractivity contribution in [2.75, 3.05) is 13.0 Å². The molecule has 0 bridgehead atoms. The Hall–Kier alpha value is -2.24. The second-order valence-electron chi connectivity index (χ2n) is 4.72. The lowest BCUT2D eigenvalue weighted by Crippen LogP contribution is -2.02. The van der Waals surface area contributed by atoms with Gasteiger partial charge in [0.05, 0.1) is 12.7 Å². The summed E-state index contributed by atoms with van der Waals surface area (Å²) in [5, 5.41) is 0. The highest BCUT2D eigenvalue weighted by Gasteiger charge is 2.29. The Morgan fingerprint density at radius 2 is 2.09 bits per heavy atom. The van der Waals surface area contributed by atoms with Gasteiger partial charge in [-0.25, -0.2) is 0 Å². The molecule has 112 valence electrons. The monoisotopic (exact) mass is 314 g/mol. The Bertz CT molecular complexity index is 725. The Balaban J connectivity index is 1.91. The van der Waals surface area contributed by atoms with E-state index in [1.807, 2.05) is 30.3 Å². The third-order valence-corrected chi connectivity index (χ3v) is 4.47. The summed E-state index contributed by atoms with van der Waals surface area (Å²) in [4.78, 5) is 13.0. The van der Waals surface area contributed by atoms with E-state index in [4.69, 9.17) is 9.47 Å². The van der Waals surface area contributed by atoms with Gasteiger partial charge in [0.2, 0.25) is 4.90 Å². The van der Waals surface area contributed by atoms with Gasteiger partial charge in [-0.1, -0.05) is 36.4 Å². The van der Waals surface area contributed by atoms with Gasteiger partial charge in [-0.3, -0.25) is 4.79 Å². The zero-order valence-electron chi connectivity index (χ0n) is 11.9. The maximum atomic E-state index is 12.4. The highest BCUT2D eigenvalue weighted by Crippen LogP contribution is 2.37. The largest absolute Gasteiger partial charge is 0.609 e. The maximum Gasteiger partial charge on any atom is 0.250 e. The smallest absolute Gasteiger partial charge is 0.250 e. The number of hydrogen-bond acceptors (Lipinski definition) is 4. The molecule has 0 radical (unpaired) electrons. The van der Waals surface area contributed by atoms with Gasteiger partial charge in [0.1, 0.15) is 5.75 Å². The highest BCUT2D eigenvalue weighted by molar-refractivity contribution is 7.91. The molecule has 0 amide bonds. The van der Waals surface area contributed by atoms with Crippen LogP contribution in [0.15, 0.2) is 53.4 Å². The van der Waals surface area contributed by atoms with Crippen molar-refractivity contribution in [2.24, 2.45) is 0 Å². The zero-order chi connectivity index (χ0) is 15.5. The van der Waals surface area contributed by atoms with E-state index in [0.717, 1.165) is 5.56 Å². The normalized spacial score (nSPS) is 16.4. The van der Waals surface area contributed by atoms with Crippen molar-refractivity contribution in [1.82, 2.24) is 0 Å². The quantitative estimate of drug-likeness (QED) is 0.494. The molecule has 0 aromatic heterocycles. The van der Waals surface area contributed by atoms with Crippen molar-refractivity contribution in [3.8, 4) is 11.5 Å². The number of fused-ring (bicyclic) bond motifs is 1. The van der Waals surface area contributed by atoms with E-state index in [9.17, 15) is 9.35 Å². The van der Waals surface area contributed by atoms with Crippen molar-refractivity contribution < 1.29 is 18.8 Å². The summed E-state index contributed by atoms with van der Waals surface area (Å²) >= 11 is -1.20. The van der Waals surface area contributed by atoms with Crippen molar-refractivity contribution >= 4 is 23.0 Å². The second-order valence-corrected chi connectivity index (χ2v) is 6.08. The molecule has 0 spiro atoms. The van der Waals surface area contributed by atoms with E-state index in [2.05, 4.69) is 0 Å². The van der Waals surface area contributed by atoms with E-state index in [-0.39, 0.29) is 11.7 Å². The van der Waals surface area contributed by atoms with Gasteiger partial charge in [0.25, 0.3) is 5.94 Å². The molecule has 0 N–H and O–H groups in total. The molecular weight excluding hydrogens is 300 g/mol. The van der Waals surface area contributed by atoms with E-state index in [0.29, 0.717) is 22.0 Å². The molecule has 2 aromatic rings. The standard InChI is InChI=1S/C17H14O4S/c1-20-15-10-17-16(21-11-22(17)19)9-13(15)14(18)8-7-12-5-3-2-4-6-12/h2-10H,11H2,1H3. The highest BCUT2D eigenvalue weighted by atomic mass is 32.2.